The molecule has 0 bridgehead atoms. The Hall–Kier alpha value is -3.20. The lowest BCUT2D eigenvalue weighted by atomic mass is 9.89. The molecule has 2 saturated carbocycles. The van der Waals surface area contributed by atoms with E-state index in [4.69, 9.17) is 14.4 Å². The Kier molecular flexibility index (Phi) is 4.94. The highest BCUT2D eigenvalue weighted by molar-refractivity contribution is 6.11. The first-order valence-corrected chi connectivity index (χ1v) is 13.4. The molecule has 0 amide bonds. The van der Waals surface area contributed by atoms with Crippen molar-refractivity contribution in [3.05, 3.63) is 71.0 Å². The Morgan fingerprint density at radius 1 is 0.714 bits per heavy atom. The van der Waals surface area contributed by atoms with Crippen LogP contribution < -0.4 is 0 Å². The zero-order valence-electron chi connectivity index (χ0n) is 20.7. The summed E-state index contributed by atoms with van der Waals surface area (Å²) in [6.45, 7) is 4.19. The van der Waals surface area contributed by atoms with E-state index in [0.29, 0.717) is 11.8 Å². The van der Waals surface area contributed by atoms with E-state index in [1.54, 1.807) is 0 Å². The number of rotatable bonds is 3. The monoisotopic (exact) mass is 460 g/mol. The lowest BCUT2D eigenvalue weighted by Crippen LogP contribution is -2.02. The third-order valence-electron chi connectivity index (χ3n) is 8.47. The molecule has 2 aromatic carbocycles. The van der Waals surface area contributed by atoms with Crippen LogP contribution in [0.3, 0.4) is 0 Å². The fourth-order valence-electron chi connectivity index (χ4n) is 6.72. The van der Waals surface area contributed by atoms with Gasteiger partial charge in [0.25, 0.3) is 0 Å². The van der Waals surface area contributed by atoms with E-state index in [2.05, 4.69) is 55.5 Å². The number of aryl methyl sites for hydroxylation is 2. The summed E-state index contributed by atoms with van der Waals surface area (Å²) in [4.78, 5) is 10.1. The average Bonchev–Trinajstić information content (AvgIpc) is 3.63. The molecule has 0 spiro atoms. The van der Waals surface area contributed by atoms with E-state index < -0.39 is 0 Å². The van der Waals surface area contributed by atoms with Crippen molar-refractivity contribution in [1.29, 1.82) is 0 Å². The van der Waals surface area contributed by atoms with Crippen molar-refractivity contribution >= 4 is 32.8 Å². The largest absolute Gasteiger partial charge is 0.437 e. The minimum atomic E-state index is 0.565. The second-order valence-corrected chi connectivity index (χ2v) is 10.9. The van der Waals surface area contributed by atoms with Gasteiger partial charge in [0.1, 0.15) is 5.58 Å². The van der Waals surface area contributed by atoms with Gasteiger partial charge in [0.05, 0.1) is 5.69 Å². The van der Waals surface area contributed by atoms with Crippen molar-refractivity contribution in [2.75, 3.05) is 0 Å². The van der Waals surface area contributed by atoms with E-state index in [-0.39, 0.29) is 0 Å². The molecule has 7 rings (SSSR count). The highest BCUT2D eigenvalue weighted by Gasteiger charge is 2.25. The summed E-state index contributed by atoms with van der Waals surface area (Å²) in [6.07, 6.45) is 10.4. The number of aromatic nitrogens is 2. The first-order valence-electron chi connectivity index (χ1n) is 13.4. The summed E-state index contributed by atoms with van der Waals surface area (Å²) in [5, 5.41) is 4.88. The van der Waals surface area contributed by atoms with E-state index in [9.17, 15) is 0 Å². The van der Waals surface area contributed by atoms with Crippen molar-refractivity contribution in [3.8, 4) is 11.3 Å². The van der Waals surface area contributed by atoms with Gasteiger partial charge in [-0.15, -0.1) is 0 Å². The molecule has 2 aliphatic rings. The van der Waals surface area contributed by atoms with Crippen molar-refractivity contribution in [2.24, 2.45) is 0 Å². The van der Waals surface area contributed by atoms with E-state index in [1.807, 2.05) is 6.92 Å². The van der Waals surface area contributed by atoms with Crippen LogP contribution in [-0.4, -0.2) is 9.97 Å². The van der Waals surface area contributed by atoms with Crippen molar-refractivity contribution in [3.63, 3.8) is 0 Å². The fraction of sp³-hybridized carbons (Fsp3) is 0.375. The van der Waals surface area contributed by atoms with Gasteiger partial charge < -0.3 is 4.42 Å². The van der Waals surface area contributed by atoms with Gasteiger partial charge in [-0.2, -0.15) is 0 Å². The van der Waals surface area contributed by atoms with Crippen molar-refractivity contribution < 1.29 is 4.42 Å². The molecule has 3 aromatic heterocycles. The molecular formula is C32H32N2O. The molecule has 5 aromatic rings. The van der Waals surface area contributed by atoms with Gasteiger partial charge in [0, 0.05) is 39.0 Å². The lowest BCUT2D eigenvalue weighted by Gasteiger charge is -2.19. The molecule has 0 N–H and O–H groups in total. The van der Waals surface area contributed by atoms with Gasteiger partial charge in [-0.1, -0.05) is 43.9 Å². The SMILES string of the molecule is Cc1cc(-c2nc(C3CCCC3)cc3c(C4CCCC4)cccc23)c2oc3nc(C)ccc3c2c1. The third-order valence-corrected chi connectivity index (χ3v) is 8.47. The molecule has 3 heterocycles. The van der Waals surface area contributed by atoms with Crippen LogP contribution in [0.5, 0.6) is 0 Å². The lowest BCUT2D eigenvalue weighted by molar-refractivity contribution is 0.653. The number of pyridine rings is 2. The number of hydrogen-bond donors (Lipinski definition) is 0. The van der Waals surface area contributed by atoms with Crippen LogP contribution in [0.4, 0.5) is 0 Å². The number of furan rings is 1. The number of benzene rings is 2. The zero-order chi connectivity index (χ0) is 23.5. The zero-order valence-corrected chi connectivity index (χ0v) is 20.7. The molecule has 0 aliphatic heterocycles. The predicted molar refractivity (Wildman–Crippen MR) is 144 cm³/mol. The highest BCUT2D eigenvalue weighted by atomic mass is 16.3. The molecular weight excluding hydrogens is 428 g/mol. The molecule has 176 valence electrons. The molecule has 0 unspecified atom stereocenters. The second-order valence-electron chi connectivity index (χ2n) is 10.9. The van der Waals surface area contributed by atoms with Crippen LogP contribution in [0.25, 0.3) is 44.1 Å². The number of nitrogens with zero attached hydrogens (tertiary/aromatic N) is 2. The molecule has 0 saturated heterocycles. The average molecular weight is 461 g/mol. The van der Waals surface area contributed by atoms with Gasteiger partial charge in [0.15, 0.2) is 0 Å². The first kappa shape index (κ1) is 21.1. The summed E-state index contributed by atoms with van der Waals surface area (Å²) in [6, 6.07) is 18.0. The summed E-state index contributed by atoms with van der Waals surface area (Å²) < 4.78 is 6.47. The summed E-state index contributed by atoms with van der Waals surface area (Å²) >= 11 is 0. The molecule has 3 nitrogen and oxygen atoms in total. The van der Waals surface area contributed by atoms with Gasteiger partial charge >= 0.3 is 0 Å². The van der Waals surface area contributed by atoms with Gasteiger partial charge in [-0.05, 0) is 92.3 Å². The maximum Gasteiger partial charge on any atom is 0.227 e. The Balaban J connectivity index is 1.55. The third kappa shape index (κ3) is 3.47. The minimum absolute atomic E-state index is 0.565. The number of fused-ring (bicyclic) bond motifs is 4. The molecule has 2 aliphatic carbocycles. The van der Waals surface area contributed by atoms with E-state index in [0.717, 1.165) is 39.0 Å². The second kappa shape index (κ2) is 8.19. The molecule has 35 heavy (non-hydrogen) atoms. The van der Waals surface area contributed by atoms with Gasteiger partial charge in [-0.25, -0.2) is 4.98 Å². The smallest absolute Gasteiger partial charge is 0.227 e. The maximum absolute atomic E-state index is 6.47. The predicted octanol–water partition coefficient (Wildman–Crippen LogP) is 9.13. The molecule has 0 radical (unpaired) electrons. The standard InChI is InChI=1S/C32H32N2O/c1-19-16-27-25-15-14-20(2)33-32(25)35-31(27)28(17-19)30-24-13-7-12-23(21-8-3-4-9-21)26(24)18-29(34-30)22-10-5-6-11-22/h7,12-18,21-22H,3-6,8-11H2,1-2H3. The molecule has 3 heteroatoms. The van der Waals surface area contributed by atoms with Crippen LogP contribution in [-0.2, 0) is 0 Å². The summed E-state index contributed by atoms with van der Waals surface area (Å²) in [5.41, 5.74) is 8.80. The van der Waals surface area contributed by atoms with E-state index >= 15 is 0 Å². The molecule has 0 atom stereocenters. The minimum Gasteiger partial charge on any atom is -0.437 e. The topological polar surface area (TPSA) is 38.9 Å². The van der Waals surface area contributed by atoms with E-state index in [1.165, 1.54) is 79.0 Å². The number of hydrogen-bond acceptors (Lipinski definition) is 3. The summed E-state index contributed by atoms with van der Waals surface area (Å²) in [7, 11) is 0. The highest BCUT2D eigenvalue weighted by Crippen LogP contribution is 2.44. The summed E-state index contributed by atoms with van der Waals surface area (Å²) in [5.74, 6) is 1.23. The van der Waals surface area contributed by atoms with Gasteiger partial charge in [-0.3, -0.25) is 4.98 Å². The quantitative estimate of drug-likeness (QED) is 0.269. The van der Waals surface area contributed by atoms with Crippen molar-refractivity contribution in [2.45, 2.75) is 77.0 Å². The normalized spacial score (nSPS) is 17.4. The van der Waals surface area contributed by atoms with Crippen LogP contribution in [0, 0.1) is 13.8 Å². The van der Waals surface area contributed by atoms with Crippen LogP contribution in [0.15, 0.2) is 52.9 Å². The van der Waals surface area contributed by atoms with Crippen molar-refractivity contribution in [1.82, 2.24) is 9.97 Å². The maximum atomic E-state index is 6.47. The Labute approximate surface area is 206 Å². The first-order chi connectivity index (χ1) is 17.2. The van der Waals surface area contributed by atoms with Crippen LogP contribution in [0.1, 0.15) is 85.7 Å². The Bertz CT molecular complexity index is 1580. The Morgan fingerprint density at radius 2 is 1.49 bits per heavy atom. The van der Waals surface area contributed by atoms with Gasteiger partial charge in [0.2, 0.25) is 5.71 Å². The molecule has 2 fully saturated rings. The van der Waals surface area contributed by atoms with Crippen LogP contribution >= 0.6 is 0 Å². The van der Waals surface area contributed by atoms with Crippen LogP contribution in [0.2, 0.25) is 0 Å². The Morgan fingerprint density at radius 3 is 2.29 bits per heavy atom. The fourth-order valence-corrected chi connectivity index (χ4v) is 6.72.